The average Bonchev–Trinajstić information content (AvgIpc) is 3.04. The number of halogens is 1. The molecule has 0 aromatic carbocycles. The van der Waals surface area contributed by atoms with Crippen LogP contribution in [0.4, 0.5) is 0 Å². The number of hydrogen-bond donors (Lipinski definition) is 2. The highest BCUT2D eigenvalue weighted by molar-refractivity contribution is 14.0. The van der Waals surface area contributed by atoms with Crippen LogP contribution < -0.4 is 10.6 Å². The Labute approximate surface area is 148 Å². The molecule has 0 aliphatic carbocycles. The molecule has 126 valence electrons. The van der Waals surface area contributed by atoms with E-state index in [1.165, 1.54) is 0 Å². The monoisotopic (exact) mass is 423 g/mol. The predicted octanol–water partition coefficient (Wildman–Crippen LogP) is 1.07. The summed E-state index contributed by atoms with van der Waals surface area (Å²) in [5, 5.41) is 10.6. The second-order valence-corrected chi connectivity index (χ2v) is 5.17. The summed E-state index contributed by atoms with van der Waals surface area (Å²) >= 11 is 0. The summed E-state index contributed by atoms with van der Waals surface area (Å²) in [6, 6.07) is 2.31. The van der Waals surface area contributed by atoms with Crippen LogP contribution >= 0.6 is 24.0 Å². The van der Waals surface area contributed by atoms with Crippen LogP contribution in [0.2, 0.25) is 0 Å². The highest BCUT2D eigenvalue weighted by Gasteiger charge is 2.19. The summed E-state index contributed by atoms with van der Waals surface area (Å²) in [5.74, 6) is 0.813. The van der Waals surface area contributed by atoms with Crippen molar-refractivity contribution in [3.63, 3.8) is 0 Å². The summed E-state index contributed by atoms with van der Waals surface area (Å²) in [6.07, 6.45) is 3.81. The van der Waals surface area contributed by atoms with E-state index in [2.05, 4.69) is 25.7 Å². The fraction of sp³-hybridized carbons (Fsp3) is 0.714. The third-order valence-corrected chi connectivity index (χ3v) is 3.69. The maximum absolute atomic E-state index is 5.12. The minimum Gasteiger partial charge on any atom is -0.383 e. The van der Waals surface area contributed by atoms with E-state index < -0.39 is 0 Å². The smallest absolute Gasteiger partial charge is 0.191 e. The Morgan fingerprint density at radius 2 is 2.27 bits per heavy atom. The minimum absolute atomic E-state index is 0. The highest BCUT2D eigenvalue weighted by Crippen LogP contribution is 2.09. The topological polar surface area (TPSA) is 74.9 Å². The standard InChI is InChI=1S/C14H25N5O2.HI/c1-15-14(16-11-13-5-9-21-18-13)17-12-3-6-19(7-4-12)8-10-20-2;/h5,9,12H,3-4,6-8,10-11H2,1-2H3,(H2,15,16,17);1H. The molecule has 0 unspecified atom stereocenters. The molecule has 1 saturated heterocycles. The van der Waals surface area contributed by atoms with Gasteiger partial charge < -0.3 is 24.8 Å². The van der Waals surface area contributed by atoms with Crippen LogP contribution in [-0.4, -0.2) is 62.5 Å². The van der Waals surface area contributed by atoms with Crippen molar-refractivity contribution < 1.29 is 9.26 Å². The number of guanidine groups is 1. The molecule has 1 fully saturated rings. The lowest BCUT2D eigenvalue weighted by Crippen LogP contribution is -2.48. The van der Waals surface area contributed by atoms with Crippen LogP contribution in [0.25, 0.3) is 0 Å². The fourth-order valence-electron chi connectivity index (χ4n) is 2.41. The third kappa shape index (κ3) is 6.49. The van der Waals surface area contributed by atoms with E-state index >= 15 is 0 Å². The van der Waals surface area contributed by atoms with E-state index in [0.717, 1.165) is 50.7 Å². The number of aromatic nitrogens is 1. The number of ether oxygens (including phenoxy) is 1. The van der Waals surface area contributed by atoms with Crippen LogP contribution in [0, 0.1) is 0 Å². The lowest BCUT2D eigenvalue weighted by Gasteiger charge is -2.32. The first kappa shape index (κ1) is 19.2. The van der Waals surface area contributed by atoms with E-state index in [4.69, 9.17) is 9.26 Å². The van der Waals surface area contributed by atoms with Crippen molar-refractivity contribution in [1.29, 1.82) is 0 Å². The Kier molecular flexibility index (Phi) is 9.41. The summed E-state index contributed by atoms with van der Waals surface area (Å²) < 4.78 is 9.93. The largest absolute Gasteiger partial charge is 0.383 e. The van der Waals surface area contributed by atoms with E-state index in [-0.39, 0.29) is 24.0 Å². The van der Waals surface area contributed by atoms with Gasteiger partial charge in [-0.05, 0) is 12.8 Å². The number of aliphatic imine (C=N–C) groups is 1. The van der Waals surface area contributed by atoms with Crippen molar-refractivity contribution in [2.45, 2.75) is 25.4 Å². The predicted molar refractivity (Wildman–Crippen MR) is 96.6 cm³/mol. The molecular weight excluding hydrogens is 397 g/mol. The molecule has 1 aliphatic rings. The van der Waals surface area contributed by atoms with Gasteiger partial charge in [0.05, 0.1) is 13.2 Å². The van der Waals surface area contributed by atoms with Crippen LogP contribution in [0.1, 0.15) is 18.5 Å². The number of rotatable bonds is 6. The zero-order chi connectivity index (χ0) is 14.9. The fourth-order valence-corrected chi connectivity index (χ4v) is 2.41. The van der Waals surface area contributed by atoms with Gasteiger partial charge in [0.15, 0.2) is 5.96 Å². The molecule has 7 nitrogen and oxygen atoms in total. The second kappa shape index (κ2) is 10.8. The highest BCUT2D eigenvalue weighted by atomic mass is 127. The Morgan fingerprint density at radius 3 is 2.86 bits per heavy atom. The molecule has 0 atom stereocenters. The number of hydrogen-bond acceptors (Lipinski definition) is 5. The zero-order valence-electron chi connectivity index (χ0n) is 13.2. The number of nitrogens with zero attached hydrogens (tertiary/aromatic N) is 3. The van der Waals surface area contributed by atoms with Gasteiger partial charge in [-0.2, -0.15) is 0 Å². The Morgan fingerprint density at radius 1 is 1.50 bits per heavy atom. The molecule has 22 heavy (non-hydrogen) atoms. The maximum Gasteiger partial charge on any atom is 0.191 e. The van der Waals surface area contributed by atoms with Gasteiger partial charge in [-0.25, -0.2) is 0 Å². The summed E-state index contributed by atoms with van der Waals surface area (Å²) in [7, 11) is 3.53. The van der Waals surface area contributed by atoms with E-state index in [1.807, 2.05) is 6.07 Å². The number of methoxy groups -OCH3 is 1. The first-order chi connectivity index (χ1) is 10.3. The normalized spacial score (nSPS) is 17.1. The van der Waals surface area contributed by atoms with Crippen LogP contribution in [0.15, 0.2) is 21.8 Å². The number of nitrogens with one attached hydrogen (secondary N) is 2. The molecule has 0 amide bonds. The van der Waals surface area contributed by atoms with Gasteiger partial charge in [-0.3, -0.25) is 4.99 Å². The molecule has 0 bridgehead atoms. The van der Waals surface area contributed by atoms with Gasteiger partial charge in [0.25, 0.3) is 0 Å². The second-order valence-electron chi connectivity index (χ2n) is 5.17. The van der Waals surface area contributed by atoms with Gasteiger partial charge in [0.2, 0.25) is 0 Å². The summed E-state index contributed by atoms with van der Waals surface area (Å²) in [6.45, 7) is 4.63. The molecule has 2 N–H and O–H groups in total. The van der Waals surface area contributed by atoms with Gasteiger partial charge in [-0.1, -0.05) is 5.16 Å². The molecule has 0 saturated carbocycles. The van der Waals surface area contributed by atoms with Crippen molar-refractivity contribution in [1.82, 2.24) is 20.7 Å². The molecular formula is C14H26IN5O2. The number of likely N-dealkylation sites (tertiary alicyclic amines) is 1. The molecule has 1 aliphatic heterocycles. The Balaban J connectivity index is 0.00000242. The zero-order valence-corrected chi connectivity index (χ0v) is 15.6. The Hall–Kier alpha value is -0.870. The van der Waals surface area contributed by atoms with Crippen molar-refractivity contribution in [2.75, 3.05) is 40.4 Å². The quantitative estimate of drug-likeness (QED) is 0.405. The molecule has 2 heterocycles. The van der Waals surface area contributed by atoms with Crippen molar-refractivity contribution in [3.05, 3.63) is 18.0 Å². The van der Waals surface area contributed by atoms with Crippen LogP contribution in [-0.2, 0) is 11.3 Å². The minimum atomic E-state index is 0. The van der Waals surface area contributed by atoms with Crippen LogP contribution in [0.3, 0.4) is 0 Å². The van der Waals surface area contributed by atoms with E-state index in [1.54, 1.807) is 20.4 Å². The first-order valence-corrected chi connectivity index (χ1v) is 7.39. The first-order valence-electron chi connectivity index (χ1n) is 7.39. The van der Waals surface area contributed by atoms with Crippen molar-refractivity contribution in [2.24, 2.45) is 4.99 Å². The summed E-state index contributed by atoms with van der Waals surface area (Å²) in [4.78, 5) is 6.69. The van der Waals surface area contributed by atoms with Gasteiger partial charge in [-0.15, -0.1) is 24.0 Å². The van der Waals surface area contributed by atoms with Gasteiger partial charge >= 0.3 is 0 Å². The van der Waals surface area contributed by atoms with Gasteiger partial charge in [0, 0.05) is 45.9 Å². The van der Waals surface area contributed by atoms with Crippen LogP contribution in [0.5, 0.6) is 0 Å². The Bertz CT molecular complexity index is 419. The van der Waals surface area contributed by atoms with E-state index in [9.17, 15) is 0 Å². The molecule has 2 rings (SSSR count). The molecule has 8 heteroatoms. The maximum atomic E-state index is 5.12. The SMILES string of the molecule is CN=C(NCc1ccon1)NC1CCN(CCOC)CC1.I. The van der Waals surface area contributed by atoms with Crippen molar-refractivity contribution in [3.8, 4) is 0 Å². The molecule has 0 radical (unpaired) electrons. The summed E-state index contributed by atoms with van der Waals surface area (Å²) in [5.41, 5.74) is 0.868. The lowest BCUT2D eigenvalue weighted by atomic mass is 10.1. The molecule has 1 aromatic heterocycles. The third-order valence-electron chi connectivity index (χ3n) is 3.69. The molecule has 1 aromatic rings. The van der Waals surface area contributed by atoms with Gasteiger partial charge in [0.1, 0.15) is 12.0 Å². The number of piperidine rings is 1. The lowest BCUT2D eigenvalue weighted by molar-refractivity contribution is 0.128. The van der Waals surface area contributed by atoms with Crippen molar-refractivity contribution >= 4 is 29.9 Å². The van der Waals surface area contributed by atoms with E-state index in [0.29, 0.717) is 12.6 Å². The average molecular weight is 423 g/mol. The molecule has 0 spiro atoms.